The molecule has 1 aromatic heterocycles. The predicted molar refractivity (Wildman–Crippen MR) is 108 cm³/mol. The molecule has 1 aliphatic heterocycles. The number of hydrogen-bond acceptors (Lipinski definition) is 5. The van der Waals surface area contributed by atoms with Gasteiger partial charge in [0.1, 0.15) is 0 Å². The summed E-state index contributed by atoms with van der Waals surface area (Å²) in [7, 11) is -3.26. The zero-order valence-electron chi connectivity index (χ0n) is 15.8. The summed E-state index contributed by atoms with van der Waals surface area (Å²) in [4.78, 5) is 5.93. The molecular formula is C17H30N4O3S2. The van der Waals surface area contributed by atoms with E-state index < -0.39 is 10.0 Å². The molecule has 1 aliphatic rings. The first kappa shape index (κ1) is 21.1. The number of ether oxygens (including phenoxy) is 1. The summed E-state index contributed by atoms with van der Waals surface area (Å²) in [5.74, 6) is 0.695. The summed E-state index contributed by atoms with van der Waals surface area (Å²) < 4.78 is 31.5. The minimum Gasteiger partial charge on any atom is -0.379 e. The fourth-order valence-corrected chi connectivity index (χ4v) is 4.78. The second-order valence-corrected chi connectivity index (χ2v) is 9.85. The van der Waals surface area contributed by atoms with Gasteiger partial charge >= 0.3 is 0 Å². The Morgan fingerprint density at radius 2 is 2.08 bits per heavy atom. The normalized spacial score (nSPS) is 17.3. The van der Waals surface area contributed by atoms with Crippen molar-refractivity contribution in [3.8, 4) is 0 Å². The molecule has 7 nitrogen and oxygen atoms in total. The summed E-state index contributed by atoms with van der Waals surface area (Å²) in [6, 6.07) is 4.17. The van der Waals surface area contributed by atoms with Crippen molar-refractivity contribution in [2.24, 2.45) is 4.99 Å². The topological polar surface area (TPSA) is 83.0 Å². The monoisotopic (exact) mass is 402 g/mol. The van der Waals surface area contributed by atoms with Crippen molar-refractivity contribution >= 4 is 27.3 Å². The molecule has 2 N–H and O–H groups in total. The van der Waals surface area contributed by atoms with Gasteiger partial charge in [-0.05, 0) is 18.4 Å². The highest BCUT2D eigenvalue weighted by atomic mass is 32.2. The van der Waals surface area contributed by atoms with Gasteiger partial charge in [-0.3, -0.25) is 4.99 Å². The second-order valence-electron chi connectivity index (χ2n) is 6.81. The molecule has 1 saturated heterocycles. The van der Waals surface area contributed by atoms with Gasteiger partial charge in [-0.15, -0.1) is 11.3 Å². The third kappa shape index (κ3) is 6.22. The molecule has 0 amide bonds. The highest BCUT2D eigenvalue weighted by Gasteiger charge is 2.24. The van der Waals surface area contributed by atoms with Gasteiger partial charge in [0, 0.05) is 36.5 Å². The zero-order valence-corrected chi connectivity index (χ0v) is 17.5. The van der Waals surface area contributed by atoms with E-state index in [9.17, 15) is 8.42 Å². The molecule has 1 fully saturated rings. The quantitative estimate of drug-likeness (QED) is 0.505. The summed E-state index contributed by atoms with van der Waals surface area (Å²) in [5, 5.41) is 8.39. The molecule has 0 bridgehead atoms. The van der Waals surface area contributed by atoms with E-state index in [4.69, 9.17) is 4.74 Å². The molecule has 2 heterocycles. The third-order valence-corrected chi connectivity index (χ3v) is 7.29. The molecule has 26 heavy (non-hydrogen) atoms. The van der Waals surface area contributed by atoms with Crippen molar-refractivity contribution in [3.63, 3.8) is 0 Å². The number of rotatable bonds is 8. The fourth-order valence-electron chi connectivity index (χ4n) is 2.61. The van der Waals surface area contributed by atoms with Crippen LogP contribution in [0.25, 0.3) is 0 Å². The number of nitrogens with one attached hydrogen (secondary N) is 2. The van der Waals surface area contributed by atoms with Crippen molar-refractivity contribution in [1.29, 1.82) is 0 Å². The maximum Gasteiger partial charge on any atom is 0.215 e. The van der Waals surface area contributed by atoms with Crippen LogP contribution >= 0.6 is 11.3 Å². The van der Waals surface area contributed by atoms with Crippen LogP contribution in [0.5, 0.6) is 0 Å². The smallest absolute Gasteiger partial charge is 0.215 e. The number of morpholine rings is 1. The summed E-state index contributed by atoms with van der Waals surface area (Å²) in [6.45, 7) is 9.79. The van der Waals surface area contributed by atoms with Crippen LogP contribution < -0.4 is 10.6 Å². The van der Waals surface area contributed by atoms with Gasteiger partial charge in [0.25, 0.3) is 0 Å². The Hall–Kier alpha value is -1.16. The highest BCUT2D eigenvalue weighted by molar-refractivity contribution is 7.89. The Labute approximate surface area is 160 Å². The van der Waals surface area contributed by atoms with E-state index in [2.05, 4.69) is 40.9 Å². The lowest BCUT2D eigenvalue weighted by molar-refractivity contribution is 0.0730. The summed E-state index contributed by atoms with van der Waals surface area (Å²) >= 11 is 1.73. The number of hydrogen-bond donors (Lipinski definition) is 2. The van der Waals surface area contributed by atoms with Crippen LogP contribution in [0.3, 0.4) is 0 Å². The Kier molecular flexibility index (Phi) is 7.87. The molecule has 0 aromatic carbocycles. The molecule has 0 saturated carbocycles. The van der Waals surface area contributed by atoms with E-state index >= 15 is 0 Å². The maximum atomic E-state index is 12.4. The Morgan fingerprint density at radius 3 is 2.69 bits per heavy atom. The minimum absolute atomic E-state index is 0.0474. The molecule has 2 rings (SSSR count). The molecule has 0 aliphatic carbocycles. The first-order valence-electron chi connectivity index (χ1n) is 8.97. The van der Waals surface area contributed by atoms with Crippen LogP contribution in [0.1, 0.15) is 25.6 Å². The van der Waals surface area contributed by atoms with Gasteiger partial charge in [-0.1, -0.05) is 19.9 Å². The van der Waals surface area contributed by atoms with Crippen LogP contribution in [0.2, 0.25) is 0 Å². The molecule has 1 aromatic rings. The van der Waals surface area contributed by atoms with Crippen molar-refractivity contribution < 1.29 is 13.2 Å². The molecule has 9 heteroatoms. The number of nitrogens with zero attached hydrogens (tertiary/aromatic N) is 2. The molecule has 0 atom stereocenters. The lowest BCUT2D eigenvalue weighted by Gasteiger charge is -2.26. The standard InChI is InChI=1S/C17H30N4O3S2/c1-4-18-16(20-14-17(2,3)15-6-5-12-25-15)19-7-13-26(22,23)21-8-10-24-11-9-21/h5-6,12H,4,7-11,13-14H2,1-3H3,(H2,18,19,20). The van der Waals surface area contributed by atoms with Crippen molar-refractivity contribution in [2.45, 2.75) is 26.2 Å². The molecule has 0 radical (unpaired) electrons. The van der Waals surface area contributed by atoms with E-state index in [0.29, 0.717) is 45.4 Å². The summed E-state index contributed by atoms with van der Waals surface area (Å²) in [5.41, 5.74) is -0.0591. The SMILES string of the molecule is CCNC(=NCC(C)(C)c1cccs1)NCCS(=O)(=O)N1CCOCC1. The number of thiophene rings is 1. The van der Waals surface area contributed by atoms with Crippen molar-refractivity contribution in [1.82, 2.24) is 14.9 Å². The Morgan fingerprint density at radius 1 is 1.35 bits per heavy atom. The van der Waals surface area contributed by atoms with E-state index in [1.165, 1.54) is 9.18 Å². The minimum atomic E-state index is -3.26. The first-order chi connectivity index (χ1) is 12.3. The second kappa shape index (κ2) is 9.68. The van der Waals surface area contributed by atoms with Crippen LogP contribution in [-0.4, -0.2) is 70.4 Å². The predicted octanol–water partition coefficient (Wildman–Crippen LogP) is 1.24. The zero-order chi connectivity index (χ0) is 19.0. The van der Waals surface area contributed by atoms with Gasteiger partial charge in [-0.2, -0.15) is 4.31 Å². The lowest BCUT2D eigenvalue weighted by Crippen LogP contribution is -2.45. The maximum absolute atomic E-state index is 12.4. The van der Waals surface area contributed by atoms with Gasteiger partial charge < -0.3 is 15.4 Å². The fraction of sp³-hybridized carbons (Fsp3) is 0.706. The van der Waals surface area contributed by atoms with Gasteiger partial charge in [0.05, 0.1) is 25.5 Å². The molecule has 148 valence electrons. The molecular weight excluding hydrogens is 372 g/mol. The highest BCUT2D eigenvalue weighted by Crippen LogP contribution is 2.27. The first-order valence-corrected chi connectivity index (χ1v) is 11.5. The van der Waals surface area contributed by atoms with Crippen LogP contribution in [0, 0.1) is 0 Å². The molecule has 0 spiro atoms. The number of sulfonamides is 1. The van der Waals surface area contributed by atoms with Gasteiger partial charge in [0.15, 0.2) is 5.96 Å². The van der Waals surface area contributed by atoms with Crippen LogP contribution in [0.15, 0.2) is 22.5 Å². The Bertz CT molecular complexity index is 666. The van der Waals surface area contributed by atoms with Crippen molar-refractivity contribution in [3.05, 3.63) is 22.4 Å². The number of aliphatic imine (C=N–C) groups is 1. The van der Waals surface area contributed by atoms with Crippen molar-refractivity contribution in [2.75, 3.05) is 51.7 Å². The third-order valence-electron chi connectivity index (χ3n) is 4.18. The van der Waals surface area contributed by atoms with E-state index in [-0.39, 0.29) is 11.2 Å². The van der Waals surface area contributed by atoms with E-state index in [1.807, 2.05) is 13.0 Å². The average Bonchev–Trinajstić information content (AvgIpc) is 3.16. The van der Waals surface area contributed by atoms with Crippen LogP contribution in [-0.2, 0) is 20.2 Å². The average molecular weight is 403 g/mol. The van der Waals surface area contributed by atoms with E-state index in [1.54, 1.807) is 11.3 Å². The molecule has 0 unspecified atom stereocenters. The Balaban J connectivity index is 1.89. The summed E-state index contributed by atoms with van der Waals surface area (Å²) in [6.07, 6.45) is 0. The lowest BCUT2D eigenvalue weighted by atomic mass is 9.92. The number of guanidine groups is 1. The largest absolute Gasteiger partial charge is 0.379 e. The van der Waals surface area contributed by atoms with Gasteiger partial charge in [0.2, 0.25) is 10.0 Å². The van der Waals surface area contributed by atoms with Gasteiger partial charge in [-0.25, -0.2) is 8.42 Å². The van der Waals surface area contributed by atoms with E-state index in [0.717, 1.165) is 6.54 Å². The van der Waals surface area contributed by atoms with Crippen LogP contribution in [0.4, 0.5) is 0 Å².